The molecule has 0 rings (SSSR count). The van der Waals surface area contributed by atoms with Crippen molar-refractivity contribution in [2.24, 2.45) is 5.92 Å². The van der Waals surface area contributed by atoms with Gasteiger partial charge in [-0.15, -0.1) is 13.2 Å². The molecule has 98 valence electrons. The number of ether oxygens (including phenoxy) is 1. The summed E-state index contributed by atoms with van der Waals surface area (Å²) in [6, 6.07) is 0. The summed E-state index contributed by atoms with van der Waals surface area (Å²) in [4.78, 5) is 13.4. The maximum atomic E-state index is 11.9. The normalized spacial score (nSPS) is 12.7. The SMILES string of the molecule is C=CCN(CC(C=C)CO)C(=O)OC(C)(C)C. The summed E-state index contributed by atoms with van der Waals surface area (Å²) in [6.45, 7) is 13.4. The molecule has 0 fully saturated rings. The summed E-state index contributed by atoms with van der Waals surface area (Å²) in [6.07, 6.45) is 2.85. The van der Waals surface area contributed by atoms with Gasteiger partial charge in [0.15, 0.2) is 0 Å². The van der Waals surface area contributed by atoms with Crippen LogP contribution in [0.4, 0.5) is 4.79 Å². The smallest absolute Gasteiger partial charge is 0.410 e. The molecule has 4 nitrogen and oxygen atoms in total. The maximum Gasteiger partial charge on any atom is 0.410 e. The molecule has 0 aliphatic carbocycles. The zero-order chi connectivity index (χ0) is 13.5. The Morgan fingerprint density at radius 2 is 2.06 bits per heavy atom. The van der Waals surface area contributed by atoms with Crippen LogP contribution in [-0.2, 0) is 4.74 Å². The fourth-order valence-corrected chi connectivity index (χ4v) is 1.20. The molecule has 0 saturated heterocycles. The lowest BCUT2D eigenvalue weighted by atomic mass is 10.1. The summed E-state index contributed by atoms with van der Waals surface area (Å²) in [5.41, 5.74) is -0.528. The molecule has 1 amide bonds. The van der Waals surface area contributed by atoms with Crippen molar-refractivity contribution >= 4 is 6.09 Å². The fourth-order valence-electron chi connectivity index (χ4n) is 1.20. The van der Waals surface area contributed by atoms with E-state index in [0.717, 1.165) is 0 Å². The highest BCUT2D eigenvalue weighted by Gasteiger charge is 2.22. The van der Waals surface area contributed by atoms with Crippen LogP contribution in [0.25, 0.3) is 0 Å². The van der Waals surface area contributed by atoms with Crippen LogP contribution in [0.2, 0.25) is 0 Å². The van der Waals surface area contributed by atoms with E-state index in [1.54, 1.807) is 12.2 Å². The first-order valence-electron chi connectivity index (χ1n) is 5.66. The van der Waals surface area contributed by atoms with Crippen molar-refractivity contribution in [3.05, 3.63) is 25.3 Å². The summed E-state index contributed by atoms with van der Waals surface area (Å²) in [7, 11) is 0. The summed E-state index contributed by atoms with van der Waals surface area (Å²) in [5, 5.41) is 9.08. The Balaban J connectivity index is 4.55. The van der Waals surface area contributed by atoms with E-state index in [-0.39, 0.29) is 12.5 Å². The molecule has 1 N–H and O–H groups in total. The van der Waals surface area contributed by atoms with Gasteiger partial charge < -0.3 is 14.7 Å². The van der Waals surface area contributed by atoms with Crippen molar-refractivity contribution in [1.29, 1.82) is 0 Å². The molecule has 0 saturated carbocycles. The Kier molecular flexibility index (Phi) is 6.58. The van der Waals surface area contributed by atoms with Crippen molar-refractivity contribution in [3.63, 3.8) is 0 Å². The molecule has 1 atom stereocenters. The molecule has 0 radical (unpaired) electrons. The van der Waals surface area contributed by atoms with Gasteiger partial charge in [-0.1, -0.05) is 12.2 Å². The molecule has 4 heteroatoms. The number of hydrogen-bond donors (Lipinski definition) is 1. The second-order valence-electron chi connectivity index (χ2n) is 4.85. The van der Waals surface area contributed by atoms with E-state index in [0.29, 0.717) is 13.1 Å². The summed E-state index contributed by atoms with van der Waals surface area (Å²) in [5.74, 6) is -0.150. The lowest BCUT2D eigenvalue weighted by Crippen LogP contribution is -2.40. The number of hydrogen-bond acceptors (Lipinski definition) is 3. The van der Waals surface area contributed by atoms with Crippen LogP contribution in [0.15, 0.2) is 25.3 Å². The minimum atomic E-state index is -0.528. The Hall–Kier alpha value is -1.29. The van der Waals surface area contributed by atoms with E-state index < -0.39 is 11.7 Å². The highest BCUT2D eigenvalue weighted by atomic mass is 16.6. The van der Waals surface area contributed by atoms with Gasteiger partial charge in [0, 0.05) is 19.0 Å². The van der Waals surface area contributed by atoms with Crippen molar-refractivity contribution in [2.75, 3.05) is 19.7 Å². The van der Waals surface area contributed by atoms with E-state index in [2.05, 4.69) is 13.2 Å². The van der Waals surface area contributed by atoms with Crippen LogP contribution in [0.5, 0.6) is 0 Å². The predicted octanol–water partition coefficient (Wildman–Crippen LogP) is 2.20. The maximum absolute atomic E-state index is 11.9. The standard InChI is InChI=1S/C13H23NO3/c1-6-8-14(9-11(7-2)10-15)12(16)17-13(3,4)5/h6-7,11,15H,1-2,8-10H2,3-5H3. The third-order valence-corrected chi connectivity index (χ3v) is 2.02. The number of rotatable bonds is 6. The second-order valence-corrected chi connectivity index (χ2v) is 4.85. The number of nitrogens with zero attached hydrogens (tertiary/aromatic N) is 1. The molecule has 0 aromatic heterocycles. The number of amides is 1. The van der Waals surface area contributed by atoms with Gasteiger partial charge in [0.25, 0.3) is 0 Å². The van der Waals surface area contributed by atoms with Gasteiger partial charge >= 0.3 is 6.09 Å². The molecular weight excluding hydrogens is 218 g/mol. The first-order valence-corrected chi connectivity index (χ1v) is 5.66. The Bertz CT molecular complexity index is 268. The lowest BCUT2D eigenvalue weighted by molar-refractivity contribution is 0.0241. The summed E-state index contributed by atoms with van der Waals surface area (Å²) < 4.78 is 5.27. The predicted molar refractivity (Wildman–Crippen MR) is 68.8 cm³/mol. The number of carbonyl (C=O) groups excluding carboxylic acids is 1. The number of carbonyl (C=O) groups is 1. The molecule has 0 aromatic rings. The molecule has 17 heavy (non-hydrogen) atoms. The largest absolute Gasteiger partial charge is 0.444 e. The van der Waals surface area contributed by atoms with Crippen molar-refractivity contribution in [3.8, 4) is 0 Å². The molecule has 0 aliphatic heterocycles. The highest BCUT2D eigenvalue weighted by molar-refractivity contribution is 5.68. The van der Waals surface area contributed by atoms with Gasteiger partial charge in [-0.2, -0.15) is 0 Å². The molecular formula is C13H23NO3. The molecule has 0 bridgehead atoms. The number of aliphatic hydroxyl groups is 1. The highest BCUT2D eigenvalue weighted by Crippen LogP contribution is 2.11. The van der Waals surface area contributed by atoms with Gasteiger partial charge in [0.2, 0.25) is 0 Å². The van der Waals surface area contributed by atoms with Crippen molar-refractivity contribution in [2.45, 2.75) is 26.4 Å². The Morgan fingerprint density at radius 3 is 2.41 bits per heavy atom. The van der Waals surface area contributed by atoms with Gasteiger partial charge in [-0.25, -0.2) is 4.79 Å². The average Bonchev–Trinajstić information content (AvgIpc) is 2.21. The van der Waals surface area contributed by atoms with E-state index >= 15 is 0 Å². The van der Waals surface area contributed by atoms with E-state index in [4.69, 9.17) is 9.84 Å². The first-order chi connectivity index (χ1) is 7.84. The average molecular weight is 241 g/mol. The topological polar surface area (TPSA) is 49.8 Å². The van der Waals surface area contributed by atoms with Crippen molar-refractivity contribution < 1.29 is 14.6 Å². The third kappa shape index (κ3) is 6.79. The van der Waals surface area contributed by atoms with Gasteiger partial charge in [0.1, 0.15) is 5.60 Å². The third-order valence-electron chi connectivity index (χ3n) is 2.02. The quantitative estimate of drug-likeness (QED) is 0.725. The minimum absolute atomic E-state index is 0.0417. The second kappa shape index (κ2) is 7.12. The van der Waals surface area contributed by atoms with E-state index in [9.17, 15) is 4.79 Å². The van der Waals surface area contributed by atoms with Crippen LogP contribution in [0.1, 0.15) is 20.8 Å². The first kappa shape index (κ1) is 15.7. The fraction of sp³-hybridized carbons (Fsp3) is 0.615. The molecule has 0 aromatic carbocycles. The monoisotopic (exact) mass is 241 g/mol. The Morgan fingerprint density at radius 1 is 1.47 bits per heavy atom. The zero-order valence-electron chi connectivity index (χ0n) is 11.0. The molecule has 1 unspecified atom stereocenters. The summed E-state index contributed by atoms with van der Waals surface area (Å²) >= 11 is 0. The zero-order valence-corrected chi connectivity index (χ0v) is 11.0. The van der Waals surface area contributed by atoms with Gasteiger partial charge in [-0.3, -0.25) is 0 Å². The molecule has 0 aliphatic rings. The van der Waals surface area contributed by atoms with E-state index in [1.807, 2.05) is 20.8 Å². The number of aliphatic hydroxyl groups excluding tert-OH is 1. The molecule has 0 spiro atoms. The van der Waals surface area contributed by atoms with Crippen LogP contribution < -0.4 is 0 Å². The van der Waals surface area contributed by atoms with Crippen LogP contribution in [0, 0.1) is 5.92 Å². The molecule has 0 heterocycles. The lowest BCUT2D eigenvalue weighted by Gasteiger charge is -2.28. The van der Waals surface area contributed by atoms with Crippen LogP contribution in [0.3, 0.4) is 0 Å². The van der Waals surface area contributed by atoms with Crippen LogP contribution >= 0.6 is 0 Å². The van der Waals surface area contributed by atoms with Crippen LogP contribution in [-0.4, -0.2) is 41.4 Å². The van der Waals surface area contributed by atoms with Gasteiger partial charge in [-0.05, 0) is 20.8 Å². The Labute approximate surface area is 104 Å². The van der Waals surface area contributed by atoms with Gasteiger partial charge in [0.05, 0.1) is 6.61 Å². The van der Waals surface area contributed by atoms with E-state index in [1.165, 1.54) is 4.90 Å². The minimum Gasteiger partial charge on any atom is -0.444 e. The van der Waals surface area contributed by atoms with Crippen molar-refractivity contribution in [1.82, 2.24) is 4.90 Å².